The average molecular weight is 394 g/mol. The summed E-state index contributed by atoms with van der Waals surface area (Å²) in [5.41, 5.74) is 1.81. The van der Waals surface area contributed by atoms with E-state index in [0.29, 0.717) is 10.7 Å². The molecule has 2 N–H and O–H groups in total. The number of hydrogen-bond donors (Lipinski definition) is 2. The lowest BCUT2D eigenvalue weighted by molar-refractivity contribution is -0.115. The van der Waals surface area contributed by atoms with Crippen LogP contribution in [0.4, 0.5) is 5.69 Å². The lowest BCUT2D eigenvalue weighted by atomic mass is 10.2. The molecule has 5 nitrogen and oxygen atoms in total. The van der Waals surface area contributed by atoms with Crippen molar-refractivity contribution in [3.8, 4) is 0 Å². The van der Waals surface area contributed by atoms with E-state index in [2.05, 4.69) is 15.6 Å². The van der Waals surface area contributed by atoms with Gasteiger partial charge in [0.1, 0.15) is 0 Å². The number of carbonyl (C=O) groups excluding carboxylic acids is 2. The third kappa shape index (κ3) is 4.28. The minimum Gasteiger partial charge on any atom is -0.343 e. The van der Waals surface area contributed by atoms with Gasteiger partial charge in [0.2, 0.25) is 5.91 Å². The molecule has 128 valence electrons. The molecule has 1 heterocycles. The van der Waals surface area contributed by atoms with Crippen molar-refractivity contribution < 1.29 is 9.59 Å². The van der Waals surface area contributed by atoms with Crippen molar-refractivity contribution in [1.82, 2.24) is 10.3 Å². The Bertz CT molecular complexity index is 972. The largest absolute Gasteiger partial charge is 0.343 e. The SMILES string of the molecule is Cc1nc2ccc(NC(=O)CNC(=O)c3ccc(Cl)cc3Cl)cc2s1. The molecule has 0 saturated carbocycles. The van der Waals surface area contributed by atoms with E-state index >= 15 is 0 Å². The summed E-state index contributed by atoms with van der Waals surface area (Å²) >= 11 is 13.3. The van der Waals surface area contributed by atoms with Crippen molar-refractivity contribution in [3.63, 3.8) is 0 Å². The maximum atomic E-state index is 12.1. The first kappa shape index (κ1) is 17.7. The van der Waals surface area contributed by atoms with Gasteiger partial charge in [0.05, 0.1) is 32.4 Å². The van der Waals surface area contributed by atoms with Gasteiger partial charge >= 0.3 is 0 Å². The van der Waals surface area contributed by atoms with E-state index in [1.165, 1.54) is 12.1 Å². The predicted molar refractivity (Wildman–Crippen MR) is 102 cm³/mol. The van der Waals surface area contributed by atoms with Gasteiger partial charge in [-0.25, -0.2) is 4.98 Å². The van der Waals surface area contributed by atoms with E-state index in [4.69, 9.17) is 23.2 Å². The van der Waals surface area contributed by atoms with E-state index in [9.17, 15) is 9.59 Å². The zero-order chi connectivity index (χ0) is 18.0. The van der Waals surface area contributed by atoms with Crippen LogP contribution >= 0.6 is 34.5 Å². The molecule has 0 radical (unpaired) electrons. The monoisotopic (exact) mass is 393 g/mol. The fraction of sp³-hybridized carbons (Fsp3) is 0.118. The van der Waals surface area contributed by atoms with Crippen LogP contribution in [-0.4, -0.2) is 23.3 Å². The van der Waals surface area contributed by atoms with Crippen molar-refractivity contribution in [2.75, 3.05) is 11.9 Å². The van der Waals surface area contributed by atoms with Crippen molar-refractivity contribution in [2.24, 2.45) is 0 Å². The Morgan fingerprint density at radius 3 is 2.72 bits per heavy atom. The highest BCUT2D eigenvalue weighted by molar-refractivity contribution is 7.18. The molecule has 0 aliphatic rings. The van der Waals surface area contributed by atoms with Crippen LogP contribution in [0.25, 0.3) is 10.2 Å². The Morgan fingerprint density at radius 1 is 1.16 bits per heavy atom. The van der Waals surface area contributed by atoms with Gasteiger partial charge in [-0.3, -0.25) is 9.59 Å². The standard InChI is InChI=1S/C17H13Cl2N3O2S/c1-9-21-14-5-3-11(7-15(14)25-9)22-16(23)8-20-17(24)12-4-2-10(18)6-13(12)19/h2-7H,8H2,1H3,(H,20,24)(H,22,23). The number of aryl methyl sites for hydroxylation is 1. The van der Waals surface area contributed by atoms with Crippen molar-refractivity contribution in [1.29, 1.82) is 0 Å². The molecule has 0 fully saturated rings. The van der Waals surface area contributed by atoms with E-state index in [0.717, 1.165) is 15.2 Å². The van der Waals surface area contributed by atoms with E-state index in [-0.39, 0.29) is 23.0 Å². The van der Waals surface area contributed by atoms with Crippen LogP contribution in [0.15, 0.2) is 36.4 Å². The number of aromatic nitrogens is 1. The van der Waals surface area contributed by atoms with Gasteiger partial charge in [0.15, 0.2) is 0 Å². The smallest absolute Gasteiger partial charge is 0.253 e. The summed E-state index contributed by atoms with van der Waals surface area (Å²) in [5.74, 6) is -0.774. The van der Waals surface area contributed by atoms with Crippen LogP contribution < -0.4 is 10.6 Å². The lowest BCUT2D eigenvalue weighted by Crippen LogP contribution is -2.33. The van der Waals surface area contributed by atoms with Crippen LogP contribution in [0.3, 0.4) is 0 Å². The first-order valence-electron chi connectivity index (χ1n) is 7.32. The second-order valence-electron chi connectivity index (χ2n) is 5.27. The van der Waals surface area contributed by atoms with Crippen LogP contribution in [0, 0.1) is 6.92 Å². The number of anilines is 1. The highest BCUT2D eigenvalue weighted by atomic mass is 35.5. The first-order chi connectivity index (χ1) is 11.9. The number of nitrogens with one attached hydrogen (secondary N) is 2. The van der Waals surface area contributed by atoms with Crippen molar-refractivity contribution >= 4 is 62.3 Å². The van der Waals surface area contributed by atoms with Gasteiger partial charge < -0.3 is 10.6 Å². The summed E-state index contributed by atoms with van der Waals surface area (Å²) in [6.45, 7) is 1.76. The Balaban J connectivity index is 1.60. The molecule has 0 aliphatic carbocycles. The Kier molecular flexibility index (Phi) is 5.22. The first-order valence-corrected chi connectivity index (χ1v) is 8.90. The second kappa shape index (κ2) is 7.39. The lowest BCUT2D eigenvalue weighted by Gasteiger charge is -2.08. The summed E-state index contributed by atoms with van der Waals surface area (Å²) in [6, 6.07) is 10.0. The average Bonchev–Trinajstić information content (AvgIpc) is 2.92. The number of nitrogens with zero attached hydrogens (tertiary/aromatic N) is 1. The summed E-state index contributed by atoms with van der Waals surface area (Å²) < 4.78 is 0.993. The summed E-state index contributed by atoms with van der Waals surface area (Å²) in [6.07, 6.45) is 0. The zero-order valence-electron chi connectivity index (χ0n) is 13.1. The number of hydrogen-bond acceptors (Lipinski definition) is 4. The Hall–Kier alpha value is -2.15. The maximum Gasteiger partial charge on any atom is 0.253 e. The van der Waals surface area contributed by atoms with Crippen molar-refractivity contribution in [2.45, 2.75) is 6.92 Å². The van der Waals surface area contributed by atoms with Gasteiger partial charge in [-0.2, -0.15) is 0 Å². The minimum atomic E-state index is -0.439. The number of amides is 2. The maximum absolute atomic E-state index is 12.1. The van der Waals surface area contributed by atoms with Crippen LogP contribution in [-0.2, 0) is 4.79 Å². The normalized spacial score (nSPS) is 10.7. The highest BCUT2D eigenvalue weighted by Gasteiger charge is 2.12. The molecule has 0 spiro atoms. The van der Waals surface area contributed by atoms with Gasteiger partial charge in [-0.15, -0.1) is 11.3 Å². The minimum absolute atomic E-state index is 0.169. The van der Waals surface area contributed by atoms with E-state index in [1.807, 2.05) is 19.1 Å². The van der Waals surface area contributed by atoms with Gasteiger partial charge in [0, 0.05) is 10.7 Å². The molecule has 8 heteroatoms. The zero-order valence-corrected chi connectivity index (χ0v) is 15.4. The molecule has 0 unspecified atom stereocenters. The third-order valence-electron chi connectivity index (χ3n) is 3.36. The number of halogens is 2. The molecule has 25 heavy (non-hydrogen) atoms. The molecule has 1 aromatic heterocycles. The molecule has 0 saturated heterocycles. The number of carbonyl (C=O) groups is 2. The molecular weight excluding hydrogens is 381 g/mol. The molecule has 2 amide bonds. The topological polar surface area (TPSA) is 71.1 Å². The Labute approximate surface area is 158 Å². The second-order valence-corrected chi connectivity index (χ2v) is 7.35. The van der Waals surface area contributed by atoms with Crippen molar-refractivity contribution in [3.05, 3.63) is 57.0 Å². The molecule has 3 aromatic rings. The summed E-state index contributed by atoms with van der Waals surface area (Å²) in [4.78, 5) is 28.5. The molecule has 0 bridgehead atoms. The van der Waals surface area contributed by atoms with Crippen LogP contribution in [0.5, 0.6) is 0 Å². The Morgan fingerprint density at radius 2 is 1.96 bits per heavy atom. The number of thiazole rings is 1. The number of rotatable bonds is 4. The fourth-order valence-electron chi connectivity index (χ4n) is 2.25. The molecule has 0 aliphatic heterocycles. The van der Waals surface area contributed by atoms with Crippen LogP contribution in [0.1, 0.15) is 15.4 Å². The number of benzene rings is 2. The van der Waals surface area contributed by atoms with E-state index < -0.39 is 5.91 Å². The fourth-order valence-corrected chi connectivity index (χ4v) is 3.61. The predicted octanol–water partition coefficient (Wildman–Crippen LogP) is 4.28. The highest BCUT2D eigenvalue weighted by Crippen LogP contribution is 2.24. The summed E-state index contributed by atoms with van der Waals surface area (Å²) in [5, 5.41) is 6.91. The molecule has 2 aromatic carbocycles. The summed E-state index contributed by atoms with van der Waals surface area (Å²) in [7, 11) is 0. The quantitative estimate of drug-likeness (QED) is 0.694. The van der Waals surface area contributed by atoms with Crippen LogP contribution in [0.2, 0.25) is 10.0 Å². The van der Waals surface area contributed by atoms with Gasteiger partial charge in [0.25, 0.3) is 5.91 Å². The molecule has 0 atom stereocenters. The number of fused-ring (bicyclic) bond motifs is 1. The molecule has 3 rings (SSSR count). The third-order valence-corrected chi connectivity index (χ3v) is 4.85. The molecular formula is C17H13Cl2N3O2S. The van der Waals surface area contributed by atoms with Gasteiger partial charge in [-0.1, -0.05) is 23.2 Å². The van der Waals surface area contributed by atoms with Gasteiger partial charge in [-0.05, 0) is 43.3 Å². The van der Waals surface area contributed by atoms with E-state index in [1.54, 1.807) is 23.5 Å².